The number of ether oxygens (including phenoxy) is 1. The van der Waals surface area contributed by atoms with E-state index >= 15 is 0 Å². The molecule has 17 heavy (non-hydrogen) atoms. The van der Waals surface area contributed by atoms with Crippen molar-refractivity contribution in [3.05, 3.63) is 35.4 Å². The minimum absolute atomic E-state index is 0.0273. The Bertz CT molecular complexity index is 402. The van der Waals surface area contributed by atoms with Gasteiger partial charge in [-0.15, -0.1) is 11.6 Å². The molecule has 0 N–H and O–H groups in total. The zero-order valence-electron chi connectivity index (χ0n) is 9.86. The van der Waals surface area contributed by atoms with E-state index in [0.29, 0.717) is 26.3 Å². The predicted molar refractivity (Wildman–Crippen MR) is 67.2 cm³/mol. The van der Waals surface area contributed by atoms with Crippen molar-refractivity contribution in [2.75, 3.05) is 26.3 Å². The van der Waals surface area contributed by atoms with Gasteiger partial charge in [-0.25, -0.2) is 0 Å². The lowest BCUT2D eigenvalue weighted by molar-refractivity contribution is -0.134. The molecule has 0 saturated carbocycles. The Morgan fingerprint density at radius 1 is 1.41 bits per heavy atom. The van der Waals surface area contributed by atoms with Gasteiger partial charge in [-0.1, -0.05) is 29.8 Å². The molecule has 1 aliphatic rings. The third kappa shape index (κ3) is 2.99. The highest BCUT2D eigenvalue weighted by Gasteiger charge is 2.25. The number of rotatable bonds is 2. The summed E-state index contributed by atoms with van der Waals surface area (Å²) in [6, 6.07) is 7.76. The van der Waals surface area contributed by atoms with Crippen molar-refractivity contribution in [3.8, 4) is 0 Å². The number of benzene rings is 1. The Hall–Kier alpha value is -1.06. The standard InChI is InChI=1S/C13H16ClNO2/c1-10-3-2-4-11(9-10)12(14)13(16)15-5-7-17-8-6-15/h2-4,9,12H,5-8H2,1H3. The Kier molecular flexibility index (Phi) is 4.02. The average Bonchev–Trinajstić information content (AvgIpc) is 2.38. The van der Waals surface area contributed by atoms with Crippen LogP contribution in [0.3, 0.4) is 0 Å². The molecule has 0 radical (unpaired) electrons. The predicted octanol–water partition coefficient (Wildman–Crippen LogP) is 2.13. The van der Waals surface area contributed by atoms with Crippen LogP contribution in [0.25, 0.3) is 0 Å². The van der Waals surface area contributed by atoms with Gasteiger partial charge in [-0.2, -0.15) is 0 Å². The lowest BCUT2D eigenvalue weighted by atomic mass is 10.1. The molecule has 1 unspecified atom stereocenters. The zero-order chi connectivity index (χ0) is 12.3. The Morgan fingerprint density at radius 3 is 2.76 bits per heavy atom. The molecule has 1 aliphatic heterocycles. The van der Waals surface area contributed by atoms with Crippen LogP contribution >= 0.6 is 11.6 Å². The molecule has 2 rings (SSSR count). The second-order valence-corrected chi connectivity index (χ2v) is 4.65. The number of morpholine rings is 1. The van der Waals surface area contributed by atoms with Crippen LogP contribution in [-0.4, -0.2) is 37.1 Å². The molecule has 92 valence electrons. The molecule has 1 aromatic carbocycles. The molecule has 1 fully saturated rings. The summed E-state index contributed by atoms with van der Waals surface area (Å²) in [5.74, 6) is -0.0273. The van der Waals surface area contributed by atoms with Crippen molar-refractivity contribution < 1.29 is 9.53 Å². The van der Waals surface area contributed by atoms with E-state index in [-0.39, 0.29) is 5.91 Å². The van der Waals surface area contributed by atoms with Crippen LogP contribution in [0.15, 0.2) is 24.3 Å². The summed E-state index contributed by atoms with van der Waals surface area (Å²) < 4.78 is 5.22. The van der Waals surface area contributed by atoms with Crippen LogP contribution in [0.4, 0.5) is 0 Å². The molecular formula is C13H16ClNO2. The Labute approximate surface area is 106 Å². The topological polar surface area (TPSA) is 29.5 Å². The third-order valence-corrected chi connectivity index (χ3v) is 3.31. The number of halogens is 1. The van der Waals surface area contributed by atoms with Crippen LogP contribution < -0.4 is 0 Å². The van der Waals surface area contributed by atoms with E-state index in [1.54, 1.807) is 4.90 Å². The van der Waals surface area contributed by atoms with Crippen molar-refractivity contribution in [1.82, 2.24) is 4.90 Å². The third-order valence-electron chi connectivity index (χ3n) is 2.87. The van der Waals surface area contributed by atoms with Gasteiger partial charge in [0.2, 0.25) is 5.91 Å². The number of amides is 1. The summed E-state index contributed by atoms with van der Waals surface area (Å²) >= 11 is 6.23. The second-order valence-electron chi connectivity index (χ2n) is 4.21. The number of nitrogens with zero attached hydrogens (tertiary/aromatic N) is 1. The highest BCUT2D eigenvalue weighted by Crippen LogP contribution is 2.24. The van der Waals surface area contributed by atoms with Gasteiger partial charge >= 0.3 is 0 Å². The lowest BCUT2D eigenvalue weighted by Gasteiger charge is -2.28. The summed E-state index contributed by atoms with van der Waals surface area (Å²) in [6.07, 6.45) is 0. The first kappa shape index (κ1) is 12.4. The van der Waals surface area contributed by atoms with E-state index in [1.165, 1.54) is 0 Å². The fourth-order valence-corrected chi connectivity index (χ4v) is 2.19. The molecule has 1 heterocycles. The highest BCUT2D eigenvalue weighted by molar-refractivity contribution is 6.30. The van der Waals surface area contributed by atoms with Gasteiger partial charge in [0.1, 0.15) is 5.38 Å². The number of aryl methyl sites for hydroxylation is 1. The molecule has 3 nitrogen and oxygen atoms in total. The quantitative estimate of drug-likeness (QED) is 0.756. The maximum Gasteiger partial charge on any atom is 0.245 e. The van der Waals surface area contributed by atoms with Gasteiger partial charge in [-0.3, -0.25) is 4.79 Å². The van der Waals surface area contributed by atoms with Gasteiger partial charge in [0.15, 0.2) is 0 Å². The molecule has 1 atom stereocenters. The smallest absolute Gasteiger partial charge is 0.245 e. The van der Waals surface area contributed by atoms with Gasteiger partial charge < -0.3 is 9.64 Å². The SMILES string of the molecule is Cc1cccc(C(Cl)C(=O)N2CCOCC2)c1. The number of carbonyl (C=O) groups is 1. The van der Waals surface area contributed by atoms with Gasteiger partial charge in [-0.05, 0) is 12.5 Å². The van der Waals surface area contributed by atoms with Crippen LogP contribution in [0.1, 0.15) is 16.5 Å². The number of hydrogen-bond acceptors (Lipinski definition) is 2. The van der Waals surface area contributed by atoms with Gasteiger partial charge in [0, 0.05) is 13.1 Å². The molecule has 1 aromatic rings. The molecule has 0 spiro atoms. The summed E-state index contributed by atoms with van der Waals surface area (Å²) in [7, 11) is 0. The largest absolute Gasteiger partial charge is 0.378 e. The molecule has 0 aliphatic carbocycles. The fourth-order valence-electron chi connectivity index (χ4n) is 1.91. The number of alkyl halides is 1. The van der Waals surface area contributed by atoms with Crippen LogP contribution in [0, 0.1) is 6.92 Å². The van der Waals surface area contributed by atoms with E-state index in [1.807, 2.05) is 31.2 Å². The van der Waals surface area contributed by atoms with E-state index in [4.69, 9.17) is 16.3 Å². The molecule has 0 aromatic heterocycles. The molecule has 4 heteroatoms. The minimum Gasteiger partial charge on any atom is -0.378 e. The Balaban J connectivity index is 2.08. The molecule has 1 saturated heterocycles. The second kappa shape index (κ2) is 5.52. The fraction of sp³-hybridized carbons (Fsp3) is 0.462. The van der Waals surface area contributed by atoms with Crippen molar-refractivity contribution in [1.29, 1.82) is 0 Å². The van der Waals surface area contributed by atoms with Crippen LogP contribution in [-0.2, 0) is 9.53 Å². The summed E-state index contributed by atoms with van der Waals surface area (Å²) in [6.45, 7) is 4.46. The van der Waals surface area contributed by atoms with Gasteiger partial charge in [0.05, 0.1) is 13.2 Å². The molecule has 1 amide bonds. The normalized spacial score (nSPS) is 17.9. The molecule has 0 bridgehead atoms. The van der Waals surface area contributed by atoms with Crippen LogP contribution in [0.5, 0.6) is 0 Å². The van der Waals surface area contributed by atoms with Crippen LogP contribution in [0.2, 0.25) is 0 Å². The summed E-state index contributed by atoms with van der Waals surface area (Å²) in [5, 5.41) is -0.590. The van der Waals surface area contributed by atoms with Gasteiger partial charge in [0.25, 0.3) is 0 Å². The molecular weight excluding hydrogens is 238 g/mol. The Morgan fingerprint density at radius 2 is 2.12 bits per heavy atom. The maximum absolute atomic E-state index is 12.1. The number of carbonyl (C=O) groups excluding carboxylic acids is 1. The first-order valence-corrected chi connectivity index (χ1v) is 6.19. The zero-order valence-corrected chi connectivity index (χ0v) is 10.6. The van der Waals surface area contributed by atoms with Crippen molar-refractivity contribution >= 4 is 17.5 Å². The van der Waals surface area contributed by atoms with Crippen molar-refractivity contribution in [2.24, 2.45) is 0 Å². The monoisotopic (exact) mass is 253 g/mol. The van der Waals surface area contributed by atoms with E-state index in [0.717, 1.165) is 11.1 Å². The minimum atomic E-state index is -0.590. The summed E-state index contributed by atoms with van der Waals surface area (Å²) in [4.78, 5) is 13.9. The highest BCUT2D eigenvalue weighted by atomic mass is 35.5. The summed E-state index contributed by atoms with van der Waals surface area (Å²) in [5.41, 5.74) is 1.98. The first-order valence-electron chi connectivity index (χ1n) is 5.75. The maximum atomic E-state index is 12.1. The average molecular weight is 254 g/mol. The van der Waals surface area contributed by atoms with E-state index < -0.39 is 5.38 Å². The van der Waals surface area contributed by atoms with Crippen molar-refractivity contribution in [2.45, 2.75) is 12.3 Å². The van der Waals surface area contributed by atoms with Crippen molar-refractivity contribution in [3.63, 3.8) is 0 Å². The first-order chi connectivity index (χ1) is 8.18. The lowest BCUT2D eigenvalue weighted by Crippen LogP contribution is -2.42. The number of hydrogen-bond donors (Lipinski definition) is 0. The van der Waals surface area contributed by atoms with E-state index in [2.05, 4.69) is 0 Å². The van der Waals surface area contributed by atoms with E-state index in [9.17, 15) is 4.79 Å².